The molecule has 12 heavy (non-hydrogen) atoms. The van der Waals surface area contributed by atoms with Crippen molar-refractivity contribution in [1.82, 2.24) is 4.98 Å². The lowest BCUT2D eigenvalue weighted by molar-refractivity contribution is 0.880. The number of aromatic nitrogens is 1. The Kier molecular flexibility index (Phi) is 3.00. The van der Waals surface area contributed by atoms with E-state index in [0.717, 1.165) is 15.7 Å². The van der Waals surface area contributed by atoms with E-state index in [-0.39, 0.29) is 6.04 Å². The summed E-state index contributed by atoms with van der Waals surface area (Å²) in [6.07, 6.45) is 3.45. The van der Waals surface area contributed by atoms with Gasteiger partial charge in [0.15, 0.2) is 0 Å². The third kappa shape index (κ3) is 1.73. The first-order chi connectivity index (χ1) is 5.66. The summed E-state index contributed by atoms with van der Waals surface area (Å²) in [7, 11) is 0. The second-order valence-electron chi connectivity index (χ2n) is 2.59. The third-order valence-electron chi connectivity index (χ3n) is 1.75. The summed E-state index contributed by atoms with van der Waals surface area (Å²) in [6, 6.07) is 1.79. The van der Waals surface area contributed by atoms with E-state index in [1.165, 1.54) is 0 Å². The van der Waals surface area contributed by atoms with Gasteiger partial charge in [0.25, 0.3) is 0 Å². The minimum absolute atomic E-state index is 0.145. The number of hydrogen-bond acceptors (Lipinski definition) is 2. The minimum atomic E-state index is -0.145. The van der Waals surface area contributed by atoms with Gasteiger partial charge in [0.05, 0.1) is 6.04 Å². The Morgan fingerprint density at radius 3 is 2.92 bits per heavy atom. The van der Waals surface area contributed by atoms with Crippen molar-refractivity contribution in [3.8, 4) is 0 Å². The summed E-state index contributed by atoms with van der Waals surface area (Å²) in [5, 5.41) is 0. The molecule has 1 aromatic rings. The van der Waals surface area contributed by atoms with Crippen LogP contribution in [0.5, 0.6) is 0 Å². The summed E-state index contributed by atoms with van der Waals surface area (Å²) in [5.74, 6) is 0. The zero-order valence-corrected chi connectivity index (χ0v) is 8.51. The lowest BCUT2D eigenvalue weighted by atomic mass is 10.1. The molecule has 0 unspecified atom stereocenters. The highest BCUT2D eigenvalue weighted by molar-refractivity contribution is 9.10. The second-order valence-corrected chi connectivity index (χ2v) is 3.34. The SMILES string of the molecule is C=C[C@@H](N)c1c(C)ccnc1Br. The standard InChI is InChI=1S/C9H11BrN2/c1-3-7(11)8-6(2)4-5-12-9(8)10/h3-5,7H,1,11H2,2H3/t7-/m1/s1. The van der Waals surface area contributed by atoms with Crippen LogP contribution in [0.25, 0.3) is 0 Å². The number of nitrogens with two attached hydrogens (primary N) is 1. The average molecular weight is 227 g/mol. The molecular formula is C9H11BrN2. The van der Waals surface area contributed by atoms with Crippen LogP contribution in [0.4, 0.5) is 0 Å². The van der Waals surface area contributed by atoms with Gasteiger partial charge in [-0.15, -0.1) is 6.58 Å². The molecule has 3 heteroatoms. The second kappa shape index (κ2) is 3.83. The van der Waals surface area contributed by atoms with Gasteiger partial charge in [0, 0.05) is 11.8 Å². The van der Waals surface area contributed by atoms with Crippen molar-refractivity contribution in [2.75, 3.05) is 0 Å². The number of halogens is 1. The van der Waals surface area contributed by atoms with Crippen LogP contribution in [0.3, 0.4) is 0 Å². The monoisotopic (exact) mass is 226 g/mol. The number of nitrogens with zero attached hydrogens (tertiary/aromatic N) is 1. The van der Waals surface area contributed by atoms with Crippen LogP contribution in [0.2, 0.25) is 0 Å². The van der Waals surface area contributed by atoms with Gasteiger partial charge in [-0.1, -0.05) is 6.08 Å². The van der Waals surface area contributed by atoms with Gasteiger partial charge in [0.2, 0.25) is 0 Å². The Hall–Kier alpha value is -0.670. The summed E-state index contributed by atoms with van der Waals surface area (Å²) in [6.45, 7) is 5.65. The van der Waals surface area contributed by atoms with E-state index in [9.17, 15) is 0 Å². The molecule has 1 aromatic heterocycles. The van der Waals surface area contributed by atoms with Gasteiger partial charge in [-0.05, 0) is 34.5 Å². The molecule has 0 aliphatic carbocycles. The van der Waals surface area contributed by atoms with Crippen LogP contribution in [0.1, 0.15) is 17.2 Å². The van der Waals surface area contributed by atoms with E-state index in [1.807, 2.05) is 13.0 Å². The molecule has 1 heterocycles. The van der Waals surface area contributed by atoms with Gasteiger partial charge in [0.1, 0.15) is 4.60 Å². The molecular weight excluding hydrogens is 216 g/mol. The summed E-state index contributed by atoms with van der Waals surface area (Å²) in [5.41, 5.74) is 7.94. The molecule has 0 amide bonds. The fourth-order valence-corrected chi connectivity index (χ4v) is 1.75. The molecule has 0 bridgehead atoms. The van der Waals surface area contributed by atoms with Crippen LogP contribution in [0.15, 0.2) is 29.5 Å². The predicted molar refractivity (Wildman–Crippen MR) is 53.8 cm³/mol. The predicted octanol–water partition coefficient (Wildman–Crippen LogP) is 2.34. The van der Waals surface area contributed by atoms with E-state index in [4.69, 9.17) is 5.73 Å². The maximum Gasteiger partial charge on any atom is 0.111 e. The van der Waals surface area contributed by atoms with Gasteiger partial charge in [-0.3, -0.25) is 0 Å². The van der Waals surface area contributed by atoms with Crippen molar-refractivity contribution in [3.05, 3.63) is 40.6 Å². The Balaban J connectivity index is 3.20. The molecule has 1 rings (SSSR count). The van der Waals surface area contributed by atoms with E-state index in [1.54, 1.807) is 12.3 Å². The largest absolute Gasteiger partial charge is 0.321 e. The topological polar surface area (TPSA) is 38.9 Å². The number of pyridine rings is 1. The quantitative estimate of drug-likeness (QED) is 0.622. The molecule has 0 saturated heterocycles. The Bertz CT molecular complexity index is 276. The highest BCUT2D eigenvalue weighted by atomic mass is 79.9. The highest BCUT2D eigenvalue weighted by Crippen LogP contribution is 2.23. The number of aryl methyl sites for hydroxylation is 1. The molecule has 2 N–H and O–H groups in total. The first-order valence-electron chi connectivity index (χ1n) is 3.66. The molecule has 1 atom stereocenters. The maximum atomic E-state index is 5.81. The Morgan fingerprint density at radius 1 is 1.75 bits per heavy atom. The number of hydrogen-bond donors (Lipinski definition) is 1. The molecule has 0 saturated carbocycles. The first kappa shape index (κ1) is 9.42. The van der Waals surface area contributed by atoms with Crippen molar-refractivity contribution in [2.45, 2.75) is 13.0 Å². The lowest BCUT2D eigenvalue weighted by Crippen LogP contribution is -2.09. The maximum absolute atomic E-state index is 5.81. The van der Waals surface area contributed by atoms with Crippen LogP contribution in [-0.4, -0.2) is 4.98 Å². The fraction of sp³-hybridized carbons (Fsp3) is 0.222. The van der Waals surface area contributed by atoms with Crippen LogP contribution in [-0.2, 0) is 0 Å². The molecule has 0 aliphatic heterocycles. The summed E-state index contributed by atoms with van der Waals surface area (Å²) in [4.78, 5) is 4.10. The normalized spacial score (nSPS) is 12.6. The number of rotatable bonds is 2. The summed E-state index contributed by atoms with van der Waals surface area (Å²) < 4.78 is 0.801. The smallest absolute Gasteiger partial charge is 0.111 e. The van der Waals surface area contributed by atoms with E-state index < -0.39 is 0 Å². The fourth-order valence-electron chi connectivity index (χ4n) is 1.05. The molecule has 0 radical (unpaired) electrons. The van der Waals surface area contributed by atoms with E-state index in [0.29, 0.717) is 0 Å². The van der Waals surface area contributed by atoms with Crippen molar-refractivity contribution < 1.29 is 0 Å². The van der Waals surface area contributed by atoms with Crippen LogP contribution < -0.4 is 5.73 Å². The highest BCUT2D eigenvalue weighted by Gasteiger charge is 2.09. The van der Waals surface area contributed by atoms with E-state index >= 15 is 0 Å². The van der Waals surface area contributed by atoms with Crippen molar-refractivity contribution in [3.63, 3.8) is 0 Å². The Labute approximate surface area is 80.6 Å². The molecule has 0 aromatic carbocycles. The van der Waals surface area contributed by atoms with Gasteiger partial charge < -0.3 is 5.73 Å². The van der Waals surface area contributed by atoms with Gasteiger partial charge in [-0.25, -0.2) is 4.98 Å². The van der Waals surface area contributed by atoms with Crippen molar-refractivity contribution >= 4 is 15.9 Å². The minimum Gasteiger partial charge on any atom is -0.321 e. The first-order valence-corrected chi connectivity index (χ1v) is 4.45. The average Bonchev–Trinajstić information content (AvgIpc) is 2.03. The third-order valence-corrected chi connectivity index (χ3v) is 2.38. The van der Waals surface area contributed by atoms with Crippen molar-refractivity contribution in [1.29, 1.82) is 0 Å². The zero-order chi connectivity index (χ0) is 9.14. The van der Waals surface area contributed by atoms with E-state index in [2.05, 4.69) is 27.5 Å². The molecule has 0 spiro atoms. The van der Waals surface area contributed by atoms with Crippen LogP contribution in [0, 0.1) is 6.92 Å². The van der Waals surface area contributed by atoms with Crippen LogP contribution >= 0.6 is 15.9 Å². The van der Waals surface area contributed by atoms with Crippen molar-refractivity contribution in [2.24, 2.45) is 5.73 Å². The molecule has 64 valence electrons. The van der Waals surface area contributed by atoms with Gasteiger partial charge in [-0.2, -0.15) is 0 Å². The molecule has 2 nitrogen and oxygen atoms in total. The van der Waals surface area contributed by atoms with Gasteiger partial charge >= 0.3 is 0 Å². The summed E-state index contributed by atoms with van der Waals surface area (Å²) >= 11 is 3.35. The molecule has 0 aliphatic rings. The Morgan fingerprint density at radius 2 is 2.42 bits per heavy atom. The zero-order valence-electron chi connectivity index (χ0n) is 6.92. The lowest BCUT2D eigenvalue weighted by Gasteiger charge is -2.11. The molecule has 0 fully saturated rings.